The maximum atomic E-state index is 12.9. The first-order valence-electron chi connectivity index (χ1n) is 8.27. The van der Waals surface area contributed by atoms with E-state index in [0.717, 1.165) is 18.2 Å². The summed E-state index contributed by atoms with van der Waals surface area (Å²) in [5.41, 5.74) is 0.760. The van der Waals surface area contributed by atoms with Crippen molar-refractivity contribution >= 4 is 17.4 Å². The number of hydrogen-bond acceptors (Lipinski definition) is 5. The largest absolute Gasteiger partial charge is 0.416 e. The lowest BCUT2D eigenvalue weighted by Crippen LogP contribution is -2.14. The van der Waals surface area contributed by atoms with Crippen molar-refractivity contribution in [2.75, 3.05) is 5.32 Å². The number of halogens is 3. The molecular weight excluding hydrogens is 393 g/mol. The highest BCUT2D eigenvalue weighted by Crippen LogP contribution is 2.30. The van der Waals surface area contributed by atoms with Crippen LogP contribution in [0.1, 0.15) is 33.0 Å². The van der Waals surface area contributed by atoms with E-state index in [9.17, 15) is 28.1 Å². The van der Waals surface area contributed by atoms with Crippen molar-refractivity contribution in [1.82, 2.24) is 20.0 Å². The van der Waals surface area contributed by atoms with Crippen molar-refractivity contribution in [2.24, 2.45) is 0 Å². The summed E-state index contributed by atoms with van der Waals surface area (Å²) in [4.78, 5) is 22.3. The van der Waals surface area contributed by atoms with Crippen LogP contribution in [0.2, 0.25) is 0 Å². The van der Waals surface area contributed by atoms with Crippen molar-refractivity contribution < 1.29 is 22.9 Å². The molecule has 0 aliphatic rings. The molecule has 0 unspecified atom stereocenters. The Morgan fingerprint density at radius 3 is 2.66 bits per heavy atom. The minimum Gasteiger partial charge on any atom is -0.358 e. The minimum atomic E-state index is -4.45. The van der Waals surface area contributed by atoms with Crippen LogP contribution in [-0.2, 0) is 12.7 Å². The Labute approximate surface area is 161 Å². The summed E-state index contributed by atoms with van der Waals surface area (Å²) in [7, 11) is 0. The first-order chi connectivity index (χ1) is 13.6. The van der Waals surface area contributed by atoms with E-state index in [1.165, 1.54) is 10.7 Å². The van der Waals surface area contributed by atoms with Crippen LogP contribution in [0, 0.1) is 24.0 Å². The Balaban J connectivity index is 1.81. The number of carbonyl (C=O) groups is 1. The molecule has 0 saturated carbocycles. The topological polar surface area (TPSA) is 119 Å². The zero-order valence-electron chi connectivity index (χ0n) is 15.2. The first-order valence-corrected chi connectivity index (χ1v) is 8.27. The van der Waals surface area contributed by atoms with Gasteiger partial charge in [0.2, 0.25) is 0 Å². The normalized spacial score (nSPS) is 11.5. The highest BCUT2D eigenvalue weighted by atomic mass is 19.4. The molecule has 9 nitrogen and oxygen atoms in total. The van der Waals surface area contributed by atoms with Gasteiger partial charge in [-0.2, -0.15) is 18.3 Å². The number of aryl methyl sites for hydroxylation is 1. The van der Waals surface area contributed by atoms with Crippen LogP contribution in [0.4, 0.5) is 24.7 Å². The van der Waals surface area contributed by atoms with E-state index in [-0.39, 0.29) is 12.2 Å². The zero-order chi connectivity index (χ0) is 21.3. The number of rotatable bonds is 5. The molecule has 2 N–H and O–H groups in total. The Morgan fingerprint density at radius 1 is 1.31 bits per heavy atom. The quantitative estimate of drug-likeness (QED) is 0.495. The Bertz CT molecular complexity index is 1090. The maximum absolute atomic E-state index is 12.9. The summed E-state index contributed by atoms with van der Waals surface area (Å²) >= 11 is 0. The second kappa shape index (κ2) is 7.37. The number of nitro groups is 1. The number of aromatic nitrogens is 4. The van der Waals surface area contributed by atoms with Crippen LogP contribution < -0.4 is 5.32 Å². The number of nitrogens with one attached hydrogen (secondary N) is 2. The van der Waals surface area contributed by atoms with Gasteiger partial charge < -0.3 is 15.4 Å². The van der Waals surface area contributed by atoms with Crippen molar-refractivity contribution in [2.45, 2.75) is 26.6 Å². The number of carbonyl (C=O) groups excluding carboxylic acids is 1. The highest BCUT2D eigenvalue weighted by Gasteiger charge is 2.30. The van der Waals surface area contributed by atoms with E-state index in [1.807, 2.05) is 0 Å². The predicted molar refractivity (Wildman–Crippen MR) is 95.4 cm³/mol. The third-order valence-electron chi connectivity index (χ3n) is 4.20. The second-order valence-electron chi connectivity index (χ2n) is 6.25. The van der Waals surface area contributed by atoms with Crippen molar-refractivity contribution in [3.05, 3.63) is 68.7 Å². The molecule has 0 atom stereocenters. The minimum absolute atomic E-state index is 0.0698. The summed E-state index contributed by atoms with van der Waals surface area (Å²) in [5.74, 6) is -1.11. The number of benzene rings is 1. The standard InChI is InChI=1S/C17H15F3N6O3/c1-9-15(21-16(27)13-7-14(23-22-13)26(28)29)10(2)25(24-9)8-11-4-3-5-12(6-11)17(18,19)20/h3-7H,8H2,1-2H3,(H,21,27)(H,22,23). The molecule has 0 radical (unpaired) electrons. The number of nitrogens with zero attached hydrogens (tertiary/aromatic N) is 4. The molecule has 29 heavy (non-hydrogen) atoms. The summed E-state index contributed by atoms with van der Waals surface area (Å²) < 4.78 is 40.1. The molecule has 0 fully saturated rings. The second-order valence-corrected chi connectivity index (χ2v) is 6.25. The molecule has 3 aromatic rings. The van der Waals surface area contributed by atoms with Crippen molar-refractivity contribution in [1.29, 1.82) is 0 Å². The van der Waals surface area contributed by atoms with Crippen LogP contribution in [0.15, 0.2) is 30.3 Å². The summed E-state index contributed by atoms with van der Waals surface area (Å²) in [6.07, 6.45) is -4.45. The number of amides is 1. The van der Waals surface area contributed by atoms with Crippen LogP contribution in [-0.4, -0.2) is 30.8 Å². The predicted octanol–water partition coefficient (Wildman–Crippen LogP) is 3.45. The SMILES string of the molecule is Cc1nn(Cc2cccc(C(F)(F)F)c2)c(C)c1NC(=O)c1cc([N+](=O)[O-])[nH]n1. The number of hydrogen-bond donors (Lipinski definition) is 2. The molecule has 0 bridgehead atoms. The molecule has 0 spiro atoms. The van der Waals surface area contributed by atoms with Gasteiger partial charge in [0.1, 0.15) is 0 Å². The summed E-state index contributed by atoms with van der Waals surface area (Å²) in [6.45, 7) is 3.34. The highest BCUT2D eigenvalue weighted by molar-refractivity contribution is 6.03. The first kappa shape index (κ1) is 20.0. The van der Waals surface area contributed by atoms with E-state index >= 15 is 0 Å². The number of alkyl halides is 3. The zero-order valence-corrected chi connectivity index (χ0v) is 15.2. The Kier molecular flexibility index (Phi) is 5.10. The average Bonchev–Trinajstić information content (AvgIpc) is 3.23. The molecule has 1 aromatic carbocycles. The van der Waals surface area contributed by atoms with Gasteiger partial charge in [-0.3, -0.25) is 9.48 Å². The smallest absolute Gasteiger partial charge is 0.358 e. The third kappa shape index (κ3) is 4.25. The van der Waals surface area contributed by atoms with Crippen molar-refractivity contribution in [3.63, 3.8) is 0 Å². The molecule has 2 aromatic heterocycles. The molecule has 3 rings (SSSR count). The van der Waals surface area contributed by atoms with Crippen molar-refractivity contribution in [3.8, 4) is 0 Å². The van der Waals surface area contributed by atoms with Crippen LogP contribution in [0.5, 0.6) is 0 Å². The Hall–Kier alpha value is -3.70. The molecule has 152 valence electrons. The van der Waals surface area contributed by atoms with Gasteiger partial charge in [0.25, 0.3) is 5.91 Å². The Morgan fingerprint density at radius 2 is 2.03 bits per heavy atom. The molecule has 0 aliphatic heterocycles. The lowest BCUT2D eigenvalue weighted by molar-refractivity contribution is -0.389. The number of aromatic amines is 1. The van der Waals surface area contributed by atoms with Crippen LogP contribution >= 0.6 is 0 Å². The van der Waals surface area contributed by atoms with Gasteiger partial charge in [-0.05, 0) is 36.5 Å². The van der Waals surface area contributed by atoms with Gasteiger partial charge in [0, 0.05) is 0 Å². The summed E-state index contributed by atoms with van der Waals surface area (Å²) in [6, 6.07) is 5.88. The third-order valence-corrected chi connectivity index (χ3v) is 4.20. The number of anilines is 1. The fraction of sp³-hybridized carbons (Fsp3) is 0.235. The number of H-pyrrole nitrogens is 1. The van der Waals surface area contributed by atoms with Gasteiger partial charge in [-0.15, -0.1) is 5.10 Å². The molecule has 2 heterocycles. The molecule has 0 saturated heterocycles. The lowest BCUT2D eigenvalue weighted by atomic mass is 10.1. The molecular formula is C17H15F3N6O3. The van der Waals surface area contributed by atoms with Gasteiger partial charge in [0.15, 0.2) is 5.69 Å². The monoisotopic (exact) mass is 408 g/mol. The van der Waals surface area contributed by atoms with Gasteiger partial charge in [-0.25, -0.2) is 0 Å². The maximum Gasteiger partial charge on any atom is 0.416 e. The van der Waals surface area contributed by atoms with Crippen LogP contribution in [0.25, 0.3) is 0 Å². The van der Waals surface area contributed by atoms with Crippen LogP contribution in [0.3, 0.4) is 0 Å². The lowest BCUT2D eigenvalue weighted by Gasteiger charge is -2.10. The molecule has 1 amide bonds. The van der Waals surface area contributed by atoms with Gasteiger partial charge >= 0.3 is 12.0 Å². The van der Waals surface area contributed by atoms with E-state index in [2.05, 4.69) is 20.6 Å². The average molecular weight is 408 g/mol. The fourth-order valence-corrected chi connectivity index (χ4v) is 2.75. The van der Waals surface area contributed by atoms with Gasteiger partial charge in [0.05, 0.1) is 35.2 Å². The van der Waals surface area contributed by atoms with E-state index in [1.54, 1.807) is 19.9 Å². The van der Waals surface area contributed by atoms with E-state index in [4.69, 9.17) is 0 Å². The van der Waals surface area contributed by atoms with E-state index in [0.29, 0.717) is 22.6 Å². The summed E-state index contributed by atoms with van der Waals surface area (Å²) in [5, 5.41) is 23.2. The van der Waals surface area contributed by atoms with E-state index < -0.39 is 28.4 Å². The fourth-order valence-electron chi connectivity index (χ4n) is 2.75. The molecule has 12 heteroatoms. The molecule has 0 aliphatic carbocycles. The van der Waals surface area contributed by atoms with Gasteiger partial charge in [-0.1, -0.05) is 17.2 Å².